The molecule has 0 amide bonds. The summed E-state index contributed by atoms with van der Waals surface area (Å²) in [5.74, 6) is -0.0135. The van der Waals surface area contributed by atoms with Gasteiger partial charge in [0.05, 0.1) is 17.6 Å². The third kappa shape index (κ3) is 3.45. The first kappa shape index (κ1) is 15.1. The number of benzene rings is 1. The Labute approximate surface area is 125 Å². The van der Waals surface area contributed by atoms with Crippen molar-refractivity contribution in [1.82, 2.24) is 9.97 Å². The molecule has 0 radical (unpaired) electrons. The van der Waals surface area contributed by atoms with Crippen molar-refractivity contribution in [3.8, 4) is 0 Å². The van der Waals surface area contributed by atoms with Crippen LogP contribution in [-0.2, 0) is 0 Å². The minimum atomic E-state index is -0.576. The second kappa shape index (κ2) is 6.47. The van der Waals surface area contributed by atoms with Gasteiger partial charge in [0.1, 0.15) is 5.69 Å². The van der Waals surface area contributed by atoms with Gasteiger partial charge in [-0.15, -0.1) is 0 Å². The molecule has 7 nitrogen and oxygen atoms in total. The topological polar surface area (TPSA) is 101 Å². The predicted molar refractivity (Wildman–Crippen MR) is 78.3 cm³/mol. The normalized spacial score (nSPS) is 12.0. The Balaban J connectivity index is 2.40. The summed E-state index contributed by atoms with van der Waals surface area (Å²) in [6.07, 6.45) is 0. The van der Waals surface area contributed by atoms with Crippen molar-refractivity contribution in [2.45, 2.75) is 13.0 Å². The van der Waals surface area contributed by atoms with Crippen molar-refractivity contribution >= 4 is 23.1 Å². The van der Waals surface area contributed by atoms with Crippen LogP contribution in [-0.4, -0.2) is 26.6 Å². The number of nitrogens with zero attached hydrogens (tertiary/aromatic N) is 3. The molecule has 0 aliphatic rings. The number of aryl methyl sites for hydroxylation is 1. The molecule has 110 valence electrons. The molecule has 0 aliphatic carbocycles. The lowest BCUT2D eigenvalue weighted by molar-refractivity contribution is -0.385. The van der Waals surface area contributed by atoms with Crippen LogP contribution in [0.25, 0.3) is 0 Å². The molecule has 2 N–H and O–H groups in total. The zero-order valence-electron chi connectivity index (χ0n) is 11.2. The fraction of sp³-hybridized carbons (Fsp3) is 0.231. The van der Waals surface area contributed by atoms with Crippen molar-refractivity contribution in [3.63, 3.8) is 0 Å². The molecule has 1 heterocycles. The average Bonchev–Trinajstić information content (AvgIpc) is 2.44. The molecule has 2 aromatic rings. The van der Waals surface area contributed by atoms with Crippen molar-refractivity contribution in [3.05, 3.63) is 57.0 Å². The van der Waals surface area contributed by atoms with Crippen LogP contribution >= 0.6 is 11.6 Å². The Hall–Kier alpha value is -2.25. The van der Waals surface area contributed by atoms with E-state index in [2.05, 4.69) is 15.3 Å². The summed E-state index contributed by atoms with van der Waals surface area (Å²) in [6.45, 7) is 1.23. The van der Waals surface area contributed by atoms with Crippen LogP contribution in [0.15, 0.2) is 30.3 Å². The van der Waals surface area contributed by atoms with Crippen molar-refractivity contribution in [2.24, 2.45) is 0 Å². The fourth-order valence-corrected chi connectivity index (χ4v) is 2.15. The molecule has 0 bridgehead atoms. The predicted octanol–water partition coefficient (Wildman–Crippen LogP) is 2.49. The van der Waals surface area contributed by atoms with Gasteiger partial charge in [0, 0.05) is 0 Å². The molecule has 0 saturated heterocycles. The van der Waals surface area contributed by atoms with Crippen LogP contribution in [0.1, 0.15) is 17.3 Å². The molecule has 1 unspecified atom stereocenters. The van der Waals surface area contributed by atoms with Crippen LogP contribution in [0, 0.1) is 17.0 Å². The second-order valence-electron chi connectivity index (χ2n) is 4.32. The summed E-state index contributed by atoms with van der Waals surface area (Å²) >= 11 is 5.75. The number of hydrogen-bond donors (Lipinski definition) is 2. The van der Waals surface area contributed by atoms with Crippen molar-refractivity contribution in [1.29, 1.82) is 0 Å². The highest BCUT2D eigenvalue weighted by molar-refractivity contribution is 6.28. The van der Waals surface area contributed by atoms with Gasteiger partial charge in [0.25, 0.3) is 0 Å². The number of hydrogen-bond acceptors (Lipinski definition) is 6. The summed E-state index contributed by atoms with van der Waals surface area (Å²) in [5, 5.41) is 23.4. The van der Waals surface area contributed by atoms with Gasteiger partial charge in [-0.05, 0) is 24.1 Å². The zero-order valence-corrected chi connectivity index (χ0v) is 11.9. The number of anilines is 1. The molecule has 0 aliphatic heterocycles. The number of rotatable bonds is 5. The molecule has 2 rings (SSSR count). The smallest absolute Gasteiger partial charge is 0.332 e. The second-order valence-corrected chi connectivity index (χ2v) is 4.66. The van der Waals surface area contributed by atoms with E-state index in [4.69, 9.17) is 11.6 Å². The molecule has 1 aromatic heterocycles. The Kier molecular flexibility index (Phi) is 4.66. The van der Waals surface area contributed by atoms with Gasteiger partial charge >= 0.3 is 5.69 Å². The van der Waals surface area contributed by atoms with E-state index in [0.717, 1.165) is 5.56 Å². The number of aliphatic hydroxyl groups is 1. The summed E-state index contributed by atoms with van der Waals surface area (Å²) in [4.78, 5) is 18.2. The molecular weight excluding hydrogens is 296 g/mol. The van der Waals surface area contributed by atoms with Gasteiger partial charge in [-0.25, -0.2) is 4.98 Å². The third-order valence-corrected chi connectivity index (χ3v) is 3.08. The van der Waals surface area contributed by atoms with Crippen molar-refractivity contribution in [2.75, 3.05) is 11.9 Å². The minimum Gasteiger partial charge on any atom is -0.394 e. The van der Waals surface area contributed by atoms with E-state index in [0.29, 0.717) is 0 Å². The van der Waals surface area contributed by atoms with Crippen LogP contribution in [0.4, 0.5) is 11.5 Å². The van der Waals surface area contributed by atoms with E-state index in [1.54, 1.807) is 12.1 Å². The van der Waals surface area contributed by atoms with Gasteiger partial charge < -0.3 is 10.4 Å². The van der Waals surface area contributed by atoms with E-state index in [1.165, 1.54) is 6.92 Å². The summed E-state index contributed by atoms with van der Waals surface area (Å²) < 4.78 is 0. The standard InChI is InChI=1S/C13H13ClN4O3/c1-8-11(18(20)21)12(17-13(14)15-8)16-10(7-19)9-5-3-2-4-6-9/h2-6,10,19H,7H2,1H3,(H,15,16,17). The molecular formula is C13H13ClN4O3. The van der Waals surface area contributed by atoms with Crippen molar-refractivity contribution < 1.29 is 10.0 Å². The van der Waals surface area contributed by atoms with Crippen LogP contribution < -0.4 is 5.32 Å². The number of nitro groups is 1. The molecule has 0 fully saturated rings. The number of halogens is 1. The van der Waals surface area contributed by atoms with E-state index >= 15 is 0 Å². The highest BCUT2D eigenvalue weighted by Crippen LogP contribution is 2.29. The maximum Gasteiger partial charge on any atom is 0.332 e. The molecule has 8 heteroatoms. The lowest BCUT2D eigenvalue weighted by Gasteiger charge is -2.17. The molecule has 0 saturated carbocycles. The Morgan fingerprint density at radius 3 is 2.62 bits per heavy atom. The summed E-state index contributed by atoms with van der Waals surface area (Å²) in [7, 11) is 0. The summed E-state index contributed by atoms with van der Waals surface area (Å²) in [6, 6.07) is 8.53. The SMILES string of the molecule is Cc1nc(Cl)nc(NC(CO)c2ccccc2)c1[N+](=O)[O-]. The van der Waals surface area contributed by atoms with E-state index in [9.17, 15) is 15.2 Å². The highest BCUT2D eigenvalue weighted by Gasteiger charge is 2.24. The minimum absolute atomic E-state index is 0.0135. The number of aromatic nitrogens is 2. The maximum atomic E-state index is 11.1. The molecule has 1 aromatic carbocycles. The first-order valence-corrected chi connectivity index (χ1v) is 6.51. The Bertz CT molecular complexity index is 651. The number of nitrogens with one attached hydrogen (secondary N) is 1. The molecule has 0 spiro atoms. The Morgan fingerprint density at radius 2 is 2.05 bits per heavy atom. The lowest BCUT2D eigenvalue weighted by Crippen LogP contribution is -2.17. The first-order chi connectivity index (χ1) is 10.0. The largest absolute Gasteiger partial charge is 0.394 e. The van der Waals surface area contributed by atoms with E-state index < -0.39 is 11.0 Å². The number of aliphatic hydroxyl groups excluding tert-OH is 1. The zero-order chi connectivity index (χ0) is 15.4. The molecule has 1 atom stereocenters. The van der Waals surface area contributed by atoms with Gasteiger partial charge in [-0.2, -0.15) is 4.98 Å². The van der Waals surface area contributed by atoms with Crippen LogP contribution in [0.5, 0.6) is 0 Å². The molecule has 21 heavy (non-hydrogen) atoms. The van der Waals surface area contributed by atoms with E-state index in [1.807, 2.05) is 18.2 Å². The average molecular weight is 309 g/mol. The van der Waals surface area contributed by atoms with Crippen LogP contribution in [0.3, 0.4) is 0 Å². The van der Waals surface area contributed by atoms with Gasteiger partial charge in [-0.3, -0.25) is 10.1 Å². The fourth-order valence-electron chi connectivity index (χ4n) is 1.94. The lowest BCUT2D eigenvalue weighted by atomic mass is 10.1. The van der Waals surface area contributed by atoms with E-state index in [-0.39, 0.29) is 29.1 Å². The maximum absolute atomic E-state index is 11.1. The first-order valence-electron chi connectivity index (χ1n) is 6.13. The Morgan fingerprint density at radius 1 is 1.38 bits per heavy atom. The van der Waals surface area contributed by atoms with Crippen LogP contribution in [0.2, 0.25) is 5.28 Å². The van der Waals surface area contributed by atoms with Gasteiger partial charge in [-0.1, -0.05) is 30.3 Å². The van der Waals surface area contributed by atoms with Gasteiger partial charge in [0.15, 0.2) is 0 Å². The quantitative estimate of drug-likeness (QED) is 0.500. The van der Waals surface area contributed by atoms with Gasteiger partial charge in [0.2, 0.25) is 11.1 Å². The highest BCUT2D eigenvalue weighted by atomic mass is 35.5. The third-order valence-electron chi connectivity index (χ3n) is 2.91. The monoisotopic (exact) mass is 308 g/mol. The summed E-state index contributed by atoms with van der Waals surface area (Å²) in [5.41, 5.74) is 0.683.